The number of methoxy groups -OCH3 is 1. The molecule has 0 atom stereocenters. The smallest absolute Gasteiger partial charge is 0.240 e. The van der Waals surface area contributed by atoms with E-state index >= 15 is 0 Å². The summed E-state index contributed by atoms with van der Waals surface area (Å²) < 4.78 is 11.3. The van der Waals surface area contributed by atoms with Gasteiger partial charge in [0.2, 0.25) is 11.8 Å². The van der Waals surface area contributed by atoms with Gasteiger partial charge in [0, 0.05) is 16.6 Å². The second-order valence-corrected chi connectivity index (χ2v) is 5.22. The van der Waals surface area contributed by atoms with E-state index in [9.17, 15) is 0 Å². The van der Waals surface area contributed by atoms with Gasteiger partial charge >= 0.3 is 0 Å². The van der Waals surface area contributed by atoms with Crippen molar-refractivity contribution in [2.75, 3.05) is 12.8 Å². The van der Waals surface area contributed by atoms with Gasteiger partial charge in [-0.25, -0.2) is 0 Å². The maximum absolute atomic E-state index is 6.06. The van der Waals surface area contributed by atoms with Crippen molar-refractivity contribution in [3.8, 4) is 17.5 Å². The van der Waals surface area contributed by atoms with E-state index in [1.54, 1.807) is 24.3 Å². The Bertz CT molecular complexity index is 623. The highest BCUT2D eigenvalue weighted by Crippen LogP contribution is 2.36. The number of ether oxygens (including phenoxy) is 2. The molecule has 0 saturated heterocycles. The third kappa shape index (κ3) is 3.23. The molecule has 2 aromatic rings. The highest BCUT2D eigenvalue weighted by molar-refractivity contribution is 9.10. The molecule has 2 rings (SSSR count). The molecule has 1 heterocycles. The van der Waals surface area contributed by atoms with Gasteiger partial charge < -0.3 is 15.2 Å². The number of nitrogen functional groups attached to an aromatic ring is 1. The van der Waals surface area contributed by atoms with Crippen molar-refractivity contribution < 1.29 is 9.47 Å². The fourth-order valence-corrected chi connectivity index (χ4v) is 2.18. The molecule has 0 amide bonds. The Hall–Kier alpha value is -1.17. The van der Waals surface area contributed by atoms with E-state index in [1.807, 2.05) is 0 Å². The number of nitrogens with zero attached hydrogens (tertiary/aromatic N) is 1. The zero-order valence-electron chi connectivity index (χ0n) is 9.78. The fraction of sp³-hybridized carbons (Fsp3) is 0.0833. The van der Waals surface area contributed by atoms with Crippen LogP contribution in [-0.4, -0.2) is 12.1 Å². The Balaban J connectivity index is 2.33. The number of halogens is 3. The first kappa shape index (κ1) is 14.2. The first-order chi connectivity index (χ1) is 9.01. The van der Waals surface area contributed by atoms with Crippen LogP contribution >= 0.6 is 39.1 Å². The molecule has 0 aliphatic heterocycles. The number of benzene rings is 1. The fourth-order valence-electron chi connectivity index (χ4n) is 1.35. The molecule has 0 spiro atoms. The van der Waals surface area contributed by atoms with Gasteiger partial charge in [0.15, 0.2) is 0 Å². The minimum absolute atomic E-state index is 0.289. The zero-order chi connectivity index (χ0) is 14.0. The summed E-state index contributed by atoms with van der Waals surface area (Å²) in [5.74, 6) is 0.998. The summed E-state index contributed by atoms with van der Waals surface area (Å²) in [5, 5.41) is 0.899. The van der Waals surface area contributed by atoms with Crippen molar-refractivity contribution >= 4 is 44.8 Å². The van der Waals surface area contributed by atoms with Crippen LogP contribution in [-0.2, 0) is 0 Å². The monoisotopic (exact) mass is 362 g/mol. The molecule has 0 radical (unpaired) electrons. The van der Waals surface area contributed by atoms with Gasteiger partial charge in [-0.15, -0.1) is 0 Å². The molecule has 0 saturated carbocycles. The summed E-state index contributed by atoms with van der Waals surface area (Å²) >= 11 is 15.3. The predicted octanol–water partition coefficient (Wildman–Crippen LogP) is 4.53. The van der Waals surface area contributed by atoms with Gasteiger partial charge in [0.1, 0.15) is 5.75 Å². The Morgan fingerprint density at radius 2 is 1.95 bits per heavy atom. The van der Waals surface area contributed by atoms with Gasteiger partial charge in [-0.3, -0.25) is 0 Å². The maximum atomic E-state index is 6.06. The first-order valence-electron chi connectivity index (χ1n) is 5.14. The Kier molecular flexibility index (Phi) is 4.39. The molecule has 2 N–H and O–H groups in total. The predicted molar refractivity (Wildman–Crippen MR) is 79.4 cm³/mol. The van der Waals surface area contributed by atoms with Crippen molar-refractivity contribution in [2.24, 2.45) is 0 Å². The van der Waals surface area contributed by atoms with Gasteiger partial charge in [0.25, 0.3) is 0 Å². The summed E-state index contributed by atoms with van der Waals surface area (Å²) in [7, 11) is 1.48. The van der Waals surface area contributed by atoms with E-state index < -0.39 is 0 Å². The maximum Gasteiger partial charge on any atom is 0.240 e. The lowest BCUT2D eigenvalue weighted by atomic mass is 10.3. The summed E-state index contributed by atoms with van der Waals surface area (Å²) in [6.45, 7) is 0. The second-order valence-electron chi connectivity index (χ2n) is 3.55. The van der Waals surface area contributed by atoms with Crippen LogP contribution in [0.1, 0.15) is 0 Å². The van der Waals surface area contributed by atoms with E-state index in [2.05, 4.69) is 20.9 Å². The summed E-state index contributed by atoms with van der Waals surface area (Å²) in [6.07, 6.45) is 0. The molecule has 1 aromatic heterocycles. The molecule has 7 heteroatoms. The lowest BCUT2D eigenvalue weighted by Crippen LogP contribution is -1.97. The Labute approximate surface area is 128 Å². The molecule has 0 aliphatic rings. The number of anilines is 1. The van der Waals surface area contributed by atoms with Crippen LogP contribution in [0.2, 0.25) is 10.0 Å². The third-order valence-electron chi connectivity index (χ3n) is 2.25. The second kappa shape index (κ2) is 5.86. The van der Waals surface area contributed by atoms with Crippen LogP contribution < -0.4 is 15.2 Å². The van der Waals surface area contributed by atoms with E-state index in [0.29, 0.717) is 31.8 Å². The molecule has 1 aromatic carbocycles. The van der Waals surface area contributed by atoms with E-state index in [0.717, 1.165) is 0 Å². The topological polar surface area (TPSA) is 57.4 Å². The molecule has 0 aliphatic carbocycles. The van der Waals surface area contributed by atoms with E-state index in [1.165, 1.54) is 7.11 Å². The highest BCUT2D eigenvalue weighted by Gasteiger charge is 2.10. The van der Waals surface area contributed by atoms with Crippen LogP contribution in [0.15, 0.2) is 28.7 Å². The van der Waals surface area contributed by atoms with Crippen molar-refractivity contribution in [1.82, 2.24) is 4.98 Å². The van der Waals surface area contributed by atoms with Crippen LogP contribution in [0.5, 0.6) is 17.5 Å². The van der Waals surface area contributed by atoms with Crippen molar-refractivity contribution in [3.05, 3.63) is 38.8 Å². The molecular weight excluding hydrogens is 355 g/mol. The number of hydrogen-bond acceptors (Lipinski definition) is 4. The van der Waals surface area contributed by atoms with Gasteiger partial charge in [-0.2, -0.15) is 4.98 Å². The SMILES string of the molecule is COc1nc(Oc2cc(Cl)c(Br)cc2Cl)ccc1N. The summed E-state index contributed by atoms with van der Waals surface area (Å²) in [4.78, 5) is 4.10. The average molecular weight is 364 g/mol. The summed E-state index contributed by atoms with van der Waals surface area (Å²) in [5.41, 5.74) is 6.10. The minimum Gasteiger partial charge on any atom is -0.479 e. The van der Waals surface area contributed by atoms with Crippen LogP contribution in [0.4, 0.5) is 5.69 Å². The van der Waals surface area contributed by atoms with Crippen LogP contribution in [0, 0.1) is 0 Å². The Morgan fingerprint density at radius 3 is 2.63 bits per heavy atom. The Morgan fingerprint density at radius 1 is 1.21 bits per heavy atom. The average Bonchev–Trinajstić information content (AvgIpc) is 2.38. The number of rotatable bonds is 3. The largest absolute Gasteiger partial charge is 0.479 e. The highest BCUT2D eigenvalue weighted by atomic mass is 79.9. The van der Waals surface area contributed by atoms with Crippen molar-refractivity contribution in [2.45, 2.75) is 0 Å². The molecule has 4 nitrogen and oxygen atoms in total. The minimum atomic E-state index is 0.289. The number of aromatic nitrogens is 1. The molecule has 0 bridgehead atoms. The standard InChI is InChI=1S/C12H9BrCl2N2O2/c1-18-12-9(16)2-3-11(17-12)19-10-5-7(14)6(13)4-8(10)15/h2-5H,16H2,1H3. The van der Waals surface area contributed by atoms with Gasteiger partial charge in [-0.05, 0) is 28.1 Å². The lowest BCUT2D eigenvalue weighted by Gasteiger charge is -2.10. The quantitative estimate of drug-likeness (QED) is 0.813. The van der Waals surface area contributed by atoms with Gasteiger partial charge in [0.05, 0.1) is 22.8 Å². The lowest BCUT2D eigenvalue weighted by molar-refractivity contribution is 0.385. The normalized spacial score (nSPS) is 10.3. The van der Waals surface area contributed by atoms with E-state index in [4.69, 9.17) is 38.4 Å². The van der Waals surface area contributed by atoms with Gasteiger partial charge in [-0.1, -0.05) is 23.2 Å². The number of nitrogens with two attached hydrogens (primary N) is 1. The van der Waals surface area contributed by atoms with Crippen LogP contribution in [0.3, 0.4) is 0 Å². The molecule has 19 heavy (non-hydrogen) atoms. The third-order valence-corrected chi connectivity index (χ3v) is 3.74. The number of hydrogen-bond donors (Lipinski definition) is 1. The number of pyridine rings is 1. The van der Waals surface area contributed by atoms with E-state index in [-0.39, 0.29) is 5.88 Å². The first-order valence-corrected chi connectivity index (χ1v) is 6.69. The van der Waals surface area contributed by atoms with Crippen molar-refractivity contribution in [3.63, 3.8) is 0 Å². The summed E-state index contributed by atoms with van der Waals surface area (Å²) in [6, 6.07) is 6.49. The molecule has 100 valence electrons. The molecule has 0 unspecified atom stereocenters. The molecule has 0 fully saturated rings. The zero-order valence-corrected chi connectivity index (χ0v) is 12.9. The van der Waals surface area contributed by atoms with Crippen molar-refractivity contribution in [1.29, 1.82) is 0 Å². The van der Waals surface area contributed by atoms with Crippen LogP contribution in [0.25, 0.3) is 0 Å². The molecular formula is C12H9BrCl2N2O2.